The third kappa shape index (κ3) is 2.61. The molecule has 7 heteroatoms. The Balaban J connectivity index is 2.01. The van der Waals surface area contributed by atoms with Gasteiger partial charge in [0, 0.05) is 11.8 Å². The van der Waals surface area contributed by atoms with Gasteiger partial charge in [0.15, 0.2) is 29.2 Å². The SMILES string of the molecule is CC(=O)c1c(F)cncc1C1COc2c(cccc2C(N)=O)O1. The van der Waals surface area contributed by atoms with E-state index in [-0.39, 0.29) is 23.5 Å². The van der Waals surface area contributed by atoms with Gasteiger partial charge >= 0.3 is 0 Å². The molecular weight excluding hydrogens is 303 g/mol. The van der Waals surface area contributed by atoms with Crippen LogP contribution in [0.2, 0.25) is 0 Å². The molecule has 3 rings (SSSR count). The minimum atomic E-state index is -0.715. The second-order valence-electron chi connectivity index (χ2n) is 5.06. The fraction of sp³-hybridized carbons (Fsp3) is 0.188. The van der Waals surface area contributed by atoms with Crippen molar-refractivity contribution in [3.05, 3.63) is 53.1 Å². The van der Waals surface area contributed by atoms with Gasteiger partial charge in [-0.05, 0) is 19.1 Å². The zero-order valence-corrected chi connectivity index (χ0v) is 12.2. The number of nitrogens with zero attached hydrogens (tertiary/aromatic N) is 1. The van der Waals surface area contributed by atoms with Crippen LogP contribution >= 0.6 is 0 Å². The van der Waals surface area contributed by atoms with Gasteiger partial charge in [-0.2, -0.15) is 0 Å². The van der Waals surface area contributed by atoms with Crippen LogP contribution in [-0.4, -0.2) is 23.3 Å². The summed E-state index contributed by atoms with van der Waals surface area (Å²) < 4.78 is 25.2. The van der Waals surface area contributed by atoms with E-state index in [2.05, 4.69) is 4.98 Å². The standard InChI is InChI=1S/C16H13FN2O4/c1-8(20)14-10(5-19-6-11(14)17)13-7-22-15-9(16(18)21)3-2-4-12(15)23-13/h2-6,13H,7H2,1H3,(H2,18,21). The molecule has 0 saturated carbocycles. The van der Waals surface area contributed by atoms with Gasteiger partial charge in [-0.25, -0.2) is 4.39 Å². The number of amides is 1. The summed E-state index contributed by atoms with van der Waals surface area (Å²) in [7, 11) is 0. The second-order valence-corrected chi connectivity index (χ2v) is 5.06. The Morgan fingerprint density at radius 3 is 2.83 bits per heavy atom. The second kappa shape index (κ2) is 5.68. The summed E-state index contributed by atoms with van der Waals surface area (Å²) in [4.78, 5) is 26.9. The van der Waals surface area contributed by atoms with Gasteiger partial charge in [0.1, 0.15) is 6.61 Å². The highest BCUT2D eigenvalue weighted by atomic mass is 19.1. The van der Waals surface area contributed by atoms with Gasteiger partial charge in [0.05, 0.1) is 17.3 Å². The molecule has 1 unspecified atom stereocenters. The molecule has 1 aliphatic heterocycles. The number of para-hydroxylation sites is 1. The summed E-state index contributed by atoms with van der Waals surface area (Å²) in [6.45, 7) is 1.27. The van der Waals surface area contributed by atoms with Crippen molar-refractivity contribution in [1.29, 1.82) is 0 Å². The van der Waals surface area contributed by atoms with Gasteiger partial charge in [0.2, 0.25) is 0 Å². The number of halogens is 1. The minimum Gasteiger partial charge on any atom is -0.485 e. The van der Waals surface area contributed by atoms with E-state index in [9.17, 15) is 14.0 Å². The van der Waals surface area contributed by atoms with Crippen LogP contribution < -0.4 is 15.2 Å². The van der Waals surface area contributed by atoms with E-state index in [1.165, 1.54) is 19.2 Å². The van der Waals surface area contributed by atoms with Crippen molar-refractivity contribution in [2.24, 2.45) is 5.73 Å². The summed E-state index contributed by atoms with van der Waals surface area (Å²) in [6.07, 6.45) is 1.63. The number of ether oxygens (including phenoxy) is 2. The van der Waals surface area contributed by atoms with Gasteiger partial charge in [-0.3, -0.25) is 14.6 Å². The first-order chi connectivity index (χ1) is 11.0. The summed E-state index contributed by atoms with van der Waals surface area (Å²) >= 11 is 0. The van der Waals surface area contributed by atoms with Crippen LogP contribution in [0.4, 0.5) is 4.39 Å². The number of nitrogens with two attached hydrogens (primary N) is 1. The number of carbonyl (C=O) groups excluding carboxylic acids is 2. The van der Waals surface area contributed by atoms with E-state index < -0.39 is 23.6 Å². The Morgan fingerprint density at radius 2 is 2.13 bits per heavy atom. The maximum atomic E-state index is 13.9. The van der Waals surface area contributed by atoms with Crippen molar-refractivity contribution in [3.8, 4) is 11.5 Å². The van der Waals surface area contributed by atoms with E-state index in [1.54, 1.807) is 12.1 Å². The van der Waals surface area contributed by atoms with E-state index in [0.717, 1.165) is 6.20 Å². The average Bonchev–Trinajstić information content (AvgIpc) is 2.53. The molecular formula is C16H13FN2O4. The highest BCUT2D eigenvalue weighted by Gasteiger charge is 2.29. The van der Waals surface area contributed by atoms with Crippen molar-refractivity contribution in [1.82, 2.24) is 4.98 Å². The average molecular weight is 316 g/mol. The number of hydrogen-bond acceptors (Lipinski definition) is 5. The Labute approximate surface area is 131 Å². The van der Waals surface area contributed by atoms with E-state index >= 15 is 0 Å². The van der Waals surface area contributed by atoms with Crippen molar-refractivity contribution in [2.75, 3.05) is 6.61 Å². The van der Waals surface area contributed by atoms with E-state index in [1.807, 2.05) is 0 Å². The van der Waals surface area contributed by atoms with Crippen LogP contribution in [0, 0.1) is 5.82 Å². The first kappa shape index (κ1) is 15.0. The predicted molar refractivity (Wildman–Crippen MR) is 78.0 cm³/mol. The summed E-state index contributed by atoms with van der Waals surface area (Å²) in [6, 6.07) is 4.73. The van der Waals surface area contributed by atoms with Gasteiger partial charge < -0.3 is 15.2 Å². The number of pyridine rings is 1. The zero-order chi connectivity index (χ0) is 16.6. The quantitative estimate of drug-likeness (QED) is 0.875. The topological polar surface area (TPSA) is 91.5 Å². The molecule has 2 N–H and O–H groups in total. The van der Waals surface area contributed by atoms with Crippen molar-refractivity contribution >= 4 is 11.7 Å². The molecule has 2 aromatic rings. The van der Waals surface area contributed by atoms with Gasteiger partial charge in [-0.1, -0.05) is 6.07 Å². The minimum absolute atomic E-state index is 0.00269. The fourth-order valence-corrected chi connectivity index (χ4v) is 2.52. The zero-order valence-electron chi connectivity index (χ0n) is 12.2. The number of carbonyl (C=O) groups is 2. The number of hydrogen-bond donors (Lipinski definition) is 1. The molecule has 1 aliphatic rings. The molecule has 1 atom stereocenters. The normalized spacial score (nSPS) is 16.0. The van der Waals surface area contributed by atoms with Crippen molar-refractivity contribution in [3.63, 3.8) is 0 Å². The highest BCUT2D eigenvalue weighted by molar-refractivity contribution is 5.97. The first-order valence-electron chi connectivity index (χ1n) is 6.85. The Morgan fingerprint density at radius 1 is 1.35 bits per heavy atom. The molecule has 2 heterocycles. The van der Waals surface area contributed by atoms with E-state index in [0.29, 0.717) is 11.3 Å². The molecule has 0 spiro atoms. The number of benzene rings is 1. The number of fused-ring (bicyclic) bond motifs is 1. The van der Waals surface area contributed by atoms with Gasteiger partial charge in [-0.15, -0.1) is 0 Å². The smallest absolute Gasteiger partial charge is 0.252 e. The van der Waals surface area contributed by atoms with Crippen LogP contribution in [-0.2, 0) is 0 Å². The lowest BCUT2D eigenvalue weighted by Gasteiger charge is -2.28. The molecule has 0 saturated heterocycles. The number of aromatic nitrogens is 1. The molecule has 1 aromatic heterocycles. The van der Waals surface area contributed by atoms with Crippen molar-refractivity contribution in [2.45, 2.75) is 13.0 Å². The summed E-state index contributed by atoms with van der Waals surface area (Å²) in [5.41, 5.74) is 5.71. The molecule has 0 fully saturated rings. The number of rotatable bonds is 3. The molecule has 6 nitrogen and oxygen atoms in total. The lowest BCUT2D eigenvalue weighted by molar-refractivity contribution is 0.0842. The lowest BCUT2D eigenvalue weighted by atomic mass is 10.0. The molecule has 1 aromatic carbocycles. The van der Waals surface area contributed by atoms with Crippen LogP contribution in [0.3, 0.4) is 0 Å². The van der Waals surface area contributed by atoms with Crippen LogP contribution in [0.15, 0.2) is 30.6 Å². The lowest BCUT2D eigenvalue weighted by Crippen LogP contribution is -2.26. The highest BCUT2D eigenvalue weighted by Crippen LogP contribution is 2.39. The Kier molecular flexibility index (Phi) is 3.69. The van der Waals surface area contributed by atoms with Gasteiger partial charge in [0.25, 0.3) is 5.91 Å². The predicted octanol–water partition coefficient (Wildman–Crippen LogP) is 2.03. The number of Topliss-reactive ketones (excluding diaryl/α,β-unsaturated/α-hetero) is 1. The monoisotopic (exact) mass is 316 g/mol. The van der Waals surface area contributed by atoms with Crippen LogP contribution in [0.5, 0.6) is 11.5 Å². The molecule has 1 amide bonds. The fourth-order valence-electron chi connectivity index (χ4n) is 2.52. The Bertz CT molecular complexity index is 807. The molecule has 0 radical (unpaired) electrons. The number of ketones is 1. The Hall–Kier alpha value is -2.96. The molecule has 0 bridgehead atoms. The molecule has 0 aliphatic carbocycles. The number of primary amides is 1. The molecule has 23 heavy (non-hydrogen) atoms. The maximum absolute atomic E-state index is 13.9. The first-order valence-corrected chi connectivity index (χ1v) is 6.85. The van der Waals surface area contributed by atoms with Crippen LogP contribution in [0.25, 0.3) is 0 Å². The third-order valence-corrected chi connectivity index (χ3v) is 3.52. The molecule has 118 valence electrons. The summed E-state index contributed by atoms with van der Waals surface area (Å²) in [5, 5.41) is 0. The maximum Gasteiger partial charge on any atom is 0.252 e. The van der Waals surface area contributed by atoms with Crippen molar-refractivity contribution < 1.29 is 23.5 Å². The van der Waals surface area contributed by atoms with Crippen LogP contribution in [0.1, 0.15) is 39.3 Å². The van der Waals surface area contributed by atoms with E-state index in [4.69, 9.17) is 15.2 Å². The third-order valence-electron chi connectivity index (χ3n) is 3.52. The summed E-state index contributed by atoms with van der Waals surface area (Å²) in [5.74, 6) is -1.24. The largest absolute Gasteiger partial charge is 0.485 e.